The first-order chi connectivity index (χ1) is 12.9. The van der Waals surface area contributed by atoms with Crippen LogP contribution in [0.4, 0.5) is 0 Å². The summed E-state index contributed by atoms with van der Waals surface area (Å²) < 4.78 is 21.9. The van der Waals surface area contributed by atoms with E-state index in [1.165, 1.54) is 7.11 Å². The van der Waals surface area contributed by atoms with Crippen molar-refractivity contribution in [1.82, 2.24) is 0 Å². The Hall–Kier alpha value is -2.80. The first-order valence-electron chi connectivity index (χ1n) is 8.05. The molecule has 2 aromatic rings. The standard InChI is InChI=1S/C20H17BrO6/c1-11-6-14(26-10-18(22)25-3)9-16-19(11)20(23)17(27-16)8-12-7-13(21)4-5-15(12)24-2/h4-9H,10H2,1-3H3/b17-8-. The van der Waals surface area contributed by atoms with Crippen LogP contribution >= 0.6 is 15.9 Å². The zero-order valence-electron chi connectivity index (χ0n) is 15.0. The van der Waals surface area contributed by atoms with Gasteiger partial charge in [0.1, 0.15) is 17.2 Å². The van der Waals surface area contributed by atoms with E-state index in [0.717, 1.165) is 4.47 Å². The smallest absolute Gasteiger partial charge is 0.343 e. The van der Waals surface area contributed by atoms with Gasteiger partial charge in [0.25, 0.3) is 0 Å². The topological polar surface area (TPSA) is 71.1 Å². The minimum absolute atomic E-state index is 0.189. The fourth-order valence-corrected chi connectivity index (χ4v) is 3.10. The number of fused-ring (bicyclic) bond motifs is 1. The van der Waals surface area contributed by atoms with Crippen LogP contribution in [0.3, 0.4) is 0 Å². The summed E-state index contributed by atoms with van der Waals surface area (Å²) in [5, 5.41) is 0. The van der Waals surface area contributed by atoms with Gasteiger partial charge in [-0.2, -0.15) is 0 Å². The lowest BCUT2D eigenvalue weighted by Gasteiger charge is -2.08. The Balaban J connectivity index is 1.92. The largest absolute Gasteiger partial charge is 0.496 e. The van der Waals surface area contributed by atoms with Crippen LogP contribution < -0.4 is 14.2 Å². The van der Waals surface area contributed by atoms with Gasteiger partial charge < -0.3 is 18.9 Å². The average molecular weight is 433 g/mol. The molecule has 0 atom stereocenters. The lowest BCUT2D eigenvalue weighted by atomic mass is 10.0. The number of rotatable bonds is 5. The summed E-state index contributed by atoms with van der Waals surface area (Å²) in [4.78, 5) is 24.0. The molecule has 0 unspecified atom stereocenters. The van der Waals surface area contributed by atoms with Gasteiger partial charge in [0.2, 0.25) is 5.78 Å². The molecule has 0 fully saturated rings. The highest BCUT2D eigenvalue weighted by atomic mass is 79.9. The summed E-state index contributed by atoms with van der Waals surface area (Å²) in [6.45, 7) is 1.56. The zero-order chi connectivity index (χ0) is 19.6. The van der Waals surface area contributed by atoms with Crippen molar-refractivity contribution in [3.63, 3.8) is 0 Å². The molecular weight excluding hydrogens is 416 g/mol. The molecule has 0 spiro atoms. The van der Waals surface area contributed by atoms with Gasteiger partial charge in [-0.05, 0) is 42.8 Å². The number of Topliss-reactive ketones (excluding diaryl/α,β-unsaturated/α-hetero) is 1. The molecule has 6 nitrogen and oxygen atoms in total. The number of esters is 1. The van der Waals surface area contributed by atoms with E-state index in [0.29, 0.717) is 33.9 Å². The lowest BCUT2D eigenvalue weighted by Crippen LogP contribution is -2.12. The van der Waals surface area contributed by atoms with Crippen molar-refractivity contribution in [3.8, 4) is 17.2 Å². The van der Waals surface area contributed by atoms with Gasteiger partial charge in [0, 0.05) is 16.1 Å². The van der Waals surface area contributed by atoms with Crippen molar-refractivity contribution in [3.05, 3.63) is 57.3 Å². The molecule has 1 heterocycles. The third kappa shape index (κ3) is 3.98. The molecule has 0 radical (unpaired) electrons. The van der Waals surface area contributed by atoms with E-state index in [4.69, 9.17) is 14.2 Å². The molecule has 0 aliphatic carbocycles. The maximum absolute atomic E-state index is 12.8. The first kappa shape index (κ1) is 19.0. The first-order valence-corrected chi connectivity index (χ1v) is 8.84. The minimum atomic E-state index is -0.493. The lowest BCUT2D eigenvalue weighted by molar-refractivity contribution is -0.142. The number of aryl methyl sites for hydroxylation is 1. The summed E-state index contributed by atoms with van der Waals surface area (Å²) in [7, 11) is 2.85. The molecule has 7 heteroatoms. The van der Waals surface area contributed by atoms with E-state index >= 15 is 0 Å². The monoisotopic (exact) mass is 432 g/mol. The Morgan fingerprint density at radius 1 is 1.22 bits per heavy atom. The number of allylic oxidation sites excluding steroid dienone is 1. The van der Waals surface area contributed by atoms with E-state index in [-0.39, 0.29) is 18.1 Å². The van der Waals surface area contributed by atoms with E-state index in [1.807, 2.05) is 12.1 Å². The predicted molar refractivity (Wildman–Crippen MR) is 102 cm³/mol. The number of ketones is 1. The van der Waals surface area contributed by atoms with Crippen molar-refractivity contribution < 1.29 is 28.5 Å². The fraction of sp³-hybridized carbons (Fsp3) is 0.200. The summed E-state index contributed by atoms with van der Waals surface area (Å²) in [5.41, 5.74) is 1.88. The summed E-state index contributed by atoms with van der Waals surface area (Å²) in [6, 6.07) is 8.76. The van der Waals surface area contributed by atoms with Crippen LogP contribution in [0.1, 0.15) is 21.5 Å². The van der Waals surface area contributed by atoms with Crippen molar-refractivity contribution in [2.24, 2.45) is 0 Å². The Labute approximate surface area is 164 Å². The van der Waals surface area contributed by atoms with Gasteiger partial charge in [0.05, 0.1) is 19.8 Å². The van der Waals surface area contributed by atoms with Gasteiger partial charge in [0.15, 0.2) is 12.4 Å². The molecule has 0 aromatic heterocycles. The number of methoxy groups -OCH3 is 2. The van der Waals surface area contributed by atoms with Crippen LogP contribution in [0.5, 0.6) is 17.2 Å². The number of carbonyl (C=O) groups excluding carboxylic acids is 2. The van der Waals surface area contributed by atoms with Gasteiger partial charge in [-0.3, -0.25) is 4.79 Å². The molecule has 0 saturated carbocycles. The maximum atomic E-state index is 12.8. The van der Waals surface area contributed by atoms with Crippen molar-refractivity contribution in [2.45, 2.75) is 6.92 Å². The quantitative estimate of drug-likeness (QED) is 0.526. The van der Waals surface area contributed by atoms with Crippen LogP contribution in [0.25, 0.3) is 6.08 Å². The van der Waals surface area contributed by atoms with Crippen LogP contribution in [-0.2, 0) is 9.53 Å². The number of halogens is 1. The minimum Gasteiger partial charge on any atom is -0.496 e. The van der Waals surface area contributed by atoms with Crippen LogP contribution in [-0.4, -0.2) is 32.6 Å². The fourth-order valence-electron chi connectivity index (χ4n) is 2.72. The van der Waals surface area contributed by atoms with Gasteiger partial charge >= 0.3 is 5.97 Å². The van der Waals surface area contributed by atoms with Crippen molar-refractivity contribution in [1.29, 1.82) is 0 Å². The maximum Gasteiger partial charge on any atom is 0.343 e. The van der Waals surface area contributed by atoms with Crippen molar-refractivity contribution in [2.75, 3.05) is 20.8 Å². The summed E-state index contributed by atoms with van der Waals surface area (Å²) in [5.74, 6) is 0.911. The molecule has 3 rings (SSSR count). The van der Waals surface area contributed by atoms with Crippen LogP contribution in [0, 0.1) is 6.92 Å². The average Bonchev–Trinajstić information content (AvgIpc) is 2.96. The third-order valence-electron chi connectivity index (χ3n) is 4.01. The van der Waals surface area contributed by atoms with E-state index in [1.54, 1.807) is 38.3 Å². The molecule has 1 aliphatic rings. The van der Waals surface area contributed by atoms with Crippen LogP contribution in [0.15, 0.2) is 40.6 Å². The number of hydrogen-bond acceptors (Lipinski definition) is 6. The molecule has 140 valence electrons. The van der Waals surface area contributed by atoms with Gasteiger partial charge in [-0.25, -0.2) is 4.79 Å². The Morgan fingerprint density at radius 2 is 2.00 bits per heavy atom. The Kier molecular flexibility index (Phi) is 5.51. The highest BCUT2D eigenvalue weighted by Crippen LogP contribution is 2.38. The number of ether oxygens (including phenoxy) is 4. The highest BCUT2D eigenvalue weighted by Gasteiger charge is 2.30. The Morgan fingerprint density at radius 3 is 2.70 bits per heavy atom. The second-order valence-electron chi connectivity index (χ2n) is 5.80. The Bertz CT molecular complexity index is 948. The highest BCUT2D eigenvalue weighted by molar-refractivity contribution is 9.10. The number of hydrogen-bond donors (Lipinski definition) is 0. The molecule has 0 amide bonds. The zero-order valence-corrected chi connectivity index (χ0v) is 16.6. The predicted octanol–water partition coefficient (Wildman–Crippen LogP) is 3.93. The summed E-state index contributed by atoms with van der Waals surface area (Å²) >= 11 is 3.41. The summed E-state index contributed by atoms with van der Waals surface area (Å²) in [6.07, 6.45) is 1.64. The number of benzene rings is 2. The van der Waals surface area contributed by atoms with E-state index in [2.05, 4.69) is 20.7 Å². The van der Waals surface area contributed by atoms with Crippen LogP contribution in [0.2, 0.25) is 0 Å². The molecule has 27 heavy (non-hydrogen) atoms. The number of carbonyl (C=O) groups is 2. The third-order valence-corrected chi connectivity index (χ3v) is 4.50. The normalized spacial score (nSPS) is 13.9. The molecular formula is C20H17BrO6. The second-order valence-corrected chi connectivity index (χ2v) is 6.72. The molecule has 1 aliphatic heterocycles. The second kappa shape index (κ2) is 7.84. The molecule has 0 bridgehead atoms. The molecule has 2 aromatic carbocycles. The van der Waals surface area contributed by atoms with E-state index < -0.39 is 5.97 Å². The SMILES string of the molecule is COC(=O)COc1cc(C)c2c(c1)O/C(=C\c1cc(Br)ccc1OC)C2=O. The van der Waals surface area contributed by atoms with Gasteiger partial charge in [-0.1, -0.05) is 15.9 Å². The van der Waals surface area contributed by atoms with E-state index in [9.17, 15) is 9.59 Å². The van der Waals surface area contributed by atoms with Gasteiger partial charge in [-0.15, -0.1) is 0 Å². The van der Waals surface area contributed by atoms with Crippen molar-refractivity contribution >= 4 is 33.8 Å². The molecule has 0 N–H and O–H groups in total. The molecule has 0 saturated heterocycles.